The van der Waals surface area contributed by atoms with Gasteiger partial charge in [0, 0.05) is 31.4 Å². The molecule has 1 aliphatic heterocycles. The zero-order valence-electron chi connectivity index (χ0n) is 23.7. The second-order valence-electron chi connectivity index (χ2n) is 11.0. The summed E-state index contributed by atoms with van der Waals surface area (Å²) in [5.74, 6) is 0. The zero-order valence-corrected chi connectivity index (χ0v) is 25.5. The summed E-state index contributed by atoms with van der Waals surface area (Å²) in [6.07, 6.45) is 2.24. The van der Waals surface area contributed by atoms with Gasteiger partial charge in [0.25, 0.3) is 0 Å². The zero-order chi connectivity index (χ0) is 28.6. The van der Waals surface area contributed by atoms with Crippen molar-refractivity contribution in [3.05, 3.63) is 133 Å². The average Bonchev–Trinajstić information content (AvgIpc) is 3.45. The van der Waals surface area contributed by atoms with Gasteiger partial charge in [-0.2, -0.15) is 0 Å². The topological polar surface area (TPSA) is 38.8 Å². The number of benzene rings is 6. The highest BCUT2D eigenvalue weighted by atomic mass is 31.1. The van der Waals surface area contributed by atoms with Crippen LogP contribution in [0.2, 0.25) is 0 Å². The molecule has 0 radical (unpaired) electrons. The molecule has 0 amide bonds. The van der Waals surface area contributed by atoms with E-state index in [9.17, 15) is 0 Å². The van der Waals surface area contributed by atoms with Gasteiger partial charge in [0.1, 0.15) is 11.2 Å². The number of nitrogens with zero attached hydrogens (tertiary/aromatic N) is 1. The SMILES string of the molecule is c1ccc(P(c2ccccc2)N2CCCC2COp2oc3ccc4ccccc4c3c3c(ccc4ccccc43)o2)cc1. The molecule has 0 saturated carbocycles. The van der Waals surface area contributed by atoms with Gasteiger partial charge in [0.05, 0.1) is 6.61 Å². The van der Waals surface area contributed by atoms with E-state index in [1.54, 1.807) is 0 Å². The molecule has 7 aromatic rings. The van der Waals surface area contributed by atoms with Crippen LogP contribution < -0.4 is 15.1 Å². The van der Waals surface area contributed by atoms with E-state index in [2.05, 4.69) is 138 Å². The second-order valence-corrected chi connectivity index (χ2v) is 14.2. The van der Waals surface area contributed by atoms with Crippen molar-refractivity contribution >= 4 is 70.4 Å². The molecule has 0 N–H and O–H groups in total. The lowest BCUT2D eigenvalue weighted by molar-refractivity contribution is 0.279. The molecule has 1 aliphatic rings. The lowest BCUT2D eigenvalue weighted by atomic mass is 9.99. The van der Waals surface area contributed by atoms with Crippen molar-refractivity contribution in [2.24, 2.45) is 0 Å². The van der Waals surface area contributed by atoms with Gasteiger partial charge in [-0.05, 0) is 57.1 Å². The highest BCUT2D eigenvalue weighted by Gasteiger charge is 2.33. The van der Waals surface area contributed by atoms with Gasteiger partial charge in [-0.25, -0.2) is 0 Å². The Labute approximate surface area is 252 Å². The Morgan fingerprint density at radius 1 is 0.628 bits per heavy atom. The van der Waals surface area contributed by atoms with Gasteiger partial charge in [0.2, 0.25) is 0 Å². The Balaban J connectivity index is 1.22. The third-order valence-corrected chi connectivity index (χ3v) is 12.0. The smallest absolute Gasteiger partial charge is 0.387 e. The summed E-state index contributed by atoms with van der Waals surface area (Å²) >= 11 is 0. The maximum absolute atomic E-state index is 6.63. The van der Waals surface area contributed by atoms with Gasteiger partial charge in [-0.1, -0.05) is 121 Å². The van der Waals surface area contributed by atoms with E-state index in [4.69, 9.17) is 12.9 Å². The lowest BCUT2D eigenvalue weighted by Crippen LogP contribution is -2.35. The van der Waals surface area contributed by atoms with Gasteiger partial charge in [-0.3, -0.25) is 9.19 Å². The minimum absolute atomic E-state index is 0.275. The molecule has 0 spiro atoms. The van der Waals surface area contributed by atoms with E-state index in [0.717, 1.165) is 52.1 Å². The Bertz CT molecular complexity index is 1960. The van der Waals surface area contributed by atoms with Crippen molar-refractivity contribution < 1.29 is 12.9 Å². The largest absolute Gasteiger partial charge is 0.399 e. The molecule has 1 atom stereocenters. The van der Waals surface area contributed by atoms with E-state index < -0.39 is 16.3 Å². The predicted molar refractivity (Wildman–Crippen MR) is 182 cm³/mol. The Morgan fingerprint density at radius 2 is 1.14 bits per heavy atom. The van der Waals surface area contributed by atoms with Gasteiger partial charge in [-0.15, -0.1) is 0 Å². The molecule has 6 aromatic carbocycles. The first-order valence-electron chi connectivity index (χ1n) is 14.8. The predicted octanol–water partition coefficient (Wildman–Crippen LogP) is 9.54. The fourth-order valence-electron chi connectivity index (χ4n) is 6.39. The molecule has 6 heteroatoms. The van der Waals surface area contributed by atoms with Crippen molar-refractivity contribution in [3.63, 3.8) is 0 Å². The van der Waals surface area contributed by atoms with Crippen LogP contribution in [0, 0.1) is 0 Å². The minimum atomic E-state index is -1.66. The maximum Gasteiger partial charge on any atom is 0.387 e. The fraction of sp³-hybridized carbons (Fsp3) is 0.135. The summed E-state index contributed by atoms with van der Waals surface area (Å²) in [5, 5.41) is 9.51. The summed E-state index contributed by atoms with van der Waals surface area (Å²) in [7, 11) is -2.34. The Hall–Kier alpha value is -3.91. The average molecular weight is 600 g/mol. The van der Waals surface area contributed by atoms with E-state index in [1.165, 1.54) is 21.4 Å². The van der Waals surface area contributed by atoms with Crippen molar-refractivity contribution in [1.29, 1.82) is 0 Å². The van der Waals surface area contributed by atoms with Crippen LogP contribution in [0.25, 0.3) is 43.5 Å². The molecular formula is C37H31NO3P2. The molecule has 1 fully saturated rings. The molecule has 43 heavy (non-hydrogen) atoms. The van der Waals surface area contributed by atoms with Crippen LogP contribution in [0.3, 0.4) is 0 Å². The summed E-state index contributed by atoms with van der Waals surface area (Å²) < 4.78 is 22.5. The monoisotopic (exact) mass is 599 g/mol. The third kappa shape index (κ3) is 5.05. The fourth-order valence-corrected chi connectivity index (χ4v) is 10.1. The third-order valence-electron chi connectivity index (χ3n) is 8.35. The van der Waals surface area contributed by atoms with Crippen LogP contribution in [-0.4, -0.2) is 23.9 Å². The van der Waals surface area contributed by atoms with Gasteiger partial charge >= 0.3 is 8.24 Å². The van der Waals surface area contributed by atoms with Crippen LogP contribution in [0.1, 0.15) is 12.8 Å². The van der Waals surface area contributed by atoms with Crippen LogP contribution in [0.15, 0.2) is 142 Å². The maximum atomic E-state index is 6.63. The Kier molecular flexibility index (Phi) is 7.23. The van der Waals surface area contributed by atoms with E-state index in [-0.39, 0.29) is 6.04 Å². The van der Waals surface area contributed by atoms with Crippen LogP contribution >= 0.6 is 16.3 Å². The van der Waals surface area contributed by atoms with Crippen molar-refractivity contribution in [2.45, 2.75) is 18.9 Å². The molecule has 8 rings (SSSR count). The molecular weight excluding hydrogens is 568 g/mol. The van der Waals surface area contributed by atoms with Gasteiger partial charge < -0.3 is 8.39 Å². The lowest BCUT2D eigenvalue weighted by Gasteiger charge is -2.33. The number of fused-ring (bicyclic) bond motifs is 7. The normalized spacial score (nSPS) is 15.7. The van der Waals surface area contributed by atoms with Crippen LogP contribution in [-0.2, 0) is 0 Å². The summed E-state index contributed by atoms with van der Waals surface area (Å²) in [4.78, 5) is 0. The van der Waals surface area contributed by atoms with Gasteiger partial charge in [0.15, 0.2) is 0 Å². The molecule has 1 aromatic heterocycles. The van der Waals surface area contributed by atoms with E-state index >= 15 is 0 Å². The first kappa shape index (κ1) is 26.7. The second kappa shape index (κ2) is 11.6. The highest BCUT2D eigenvalue weighted by Crippen LogP contribution is 2.45. The molecule has 0 bridgehead atoms. The first-order valence-corrected chi connectivity index (χ1v) is 17.2. The quantitative estimate of drug-likeness (QED) is 0.179. The molecule has 1 saturated heterocycles. The minimum Gasteiger partial charge on any atom is -0.399 e. The number of hydrogen-bond acceptors (Lipinski definition) is 4. The molecule has 1 unspecified atom stereocenters. The van der Waals surface area contributed by atoms with Crippen molar-refractivity contribution in [2.75, 3.05) is 13.2 Å². The first-order chi connectivity index (χ1) is 21.3. The highest BCUT2D eigenvalue weighted by molar-refractivity contribution is 7.70. The summed E-state index contributed by atoms with van der Waals surface area (Å²) in [5.41, 5.74) is 1.61. The van der Waals surface area contributed by atoms with E-state index in [0.29, 0.717) is 6.61 Å². The molecule has 0 aliphatic carbocycles. The summed E-state index contributed by atoms with van der Waals surface area (Å²) in [6.45, 7) is 1.60. The Morgan fingerprint density at radius 3 is 1.70 bits per heavy atom. The molecule has 4 nitrogen and oxygen atoms in total. The summed E-state index contributed by atoms with van der Waals surface area (Å²) in [6, 6.07) is 47.5. The molecule has 2 heterocycles. The standard InChI is InChI=1S/C37H31NO3P2/c1-3-15-30(16-4-1)42(31-17-5-2-6-18-31)38-25-11-14-29(38)26-39-43-40-34-23-21-27-12-7-9-19-32(27)36(34)37-33-20-10-8-13-28(33)22-24-35(37)41-43/h1-10,12-13,15-24,29H,11,14,25-26H2. The van der Waals surface area contributed by atoms with Crippen LogP contribution in [0.4, 0.5) is 0 Å². The number of hydrogen-bond donors (Lipinski definition) is 0. The van der Waals surface area contributed by atoms with E-state index in [1.807, 2.05) is 0 Å². The van der Waals surface area contributed by atoms with Crippen molar-refractivity contribution in [3.8, 4) is 0 Å². The molecule has 212 valence electrons. The van der Waals surface area contributed by atoms with Crippen molar-refractivity contribution in [1.82, 2.24) is 4.67 Å². The van der Waals surface area contributed by atoms with Crippen LogP contribution in [0.5, 0.6) is 0 Å². The number of rotatable bonds is 6.